The van der Waals surface area contributed by atoms with Crippen LogP contribution in [-0.4, -0.2) is 22.0 Å². The Morgan fingerprint density at radius 3 is 2.75 bits per heavy atom. The smallest absolute Gasteiger partial charge is 0.160 e. The highest BCUT2D eigenvalue weighted by molar-refractivity contribution is 5.41. The van der Waals surface area contributed by atoms with Crippen LogP contribution >= 0.6 is 0 Å². The maximum absolute atomic E-state index is 9.72. The summed E-state index contributed by atoms with van der Waals surface area (Å²) in [5.74, 6) is 0.663. The summed E-state index contributed by atoms with van der Waals surface area (Å²) in [4.78, 5) is 0. The zero-order valence-electron chi connectivity index (χ0n) is 12.2. The number of hydrogen-bond acceptors (Lipinski definition) is 4. The number of aryl methyl sites for hydroxylation is 2. The monoisotopic (exact) mass is 275 g/mol. The summed E-state index contributed by atoms with van der Waals surface area (Å²) in [6.07, 6.45) is 2.06. The average molecular weight is 275 g/mol. The van der Waals surface area contributed by atoms with Gasteiger partial charge in [-0.15, -0.1) is 0 Å². The summed E-state index contributed by atoms with van der Waals surface area (Å²) in [6.45, 7) is 6.42. The van der Waals surface area contributed by atoms with Crippen LogP contribution in [-0.2, 0) is 19.6 Å². The molecule has 0 saturated heterocycles. The second kappa shape index (κ2) is 6.43. The van der Waals surface area contributed by atoms with Gasteiger partial charge >= 0.3 is 0 Å². The van der Waals surface area contributed by atoms with Crippen molar-refractivity contribution in [1.29, 1.82) is 0 Å². The summed E-state index contributed by atoms with van der Waals surface area (Å²) in [7, 11) is 1.54. The molecule has 108 valence electrons. The highest BCUT2D eigenvalue weighted by Crippen LogP contribution is 2.26. The Balaban J connectivity index is 1.92. The lowest BCUT2D eigenvalue weighted by Gasteiger charge is -2.07. The molecule has 0 fully saturated rings. The number of phenols is 1. The Morgan fingerprint density at radius 1 is 1.35 bits per heavy atom. The molecule has 2 aromatic rings. The first kappa shape index (κ1) is 14.4. The molecule has 0 atom stereocenters. The van der Waals surface area contributed by atoms with Gasteiger partial charge in [0.1, 0.15) is 0 Å². The molecule has 0 aliphatic rings. The van der Waals surface area contributed by atoms with Crippen LogP contribution in [0.25, 0.3) is 0 Å². The number of methoxy groups -OCH3 is 1. The van der Waals surface area contributed by atoms with E-state index in [0.29, 0.717) is 12.3 Å². The highest BCUT2D eigenvalue weighted by atomic mass is 16.5. The van der Waals surface area contributed by atoms with Crippen LogP contribution in [0.2, 0.25) is 0 Å². The van der Waals surface area contributed by atoms with E-state index in [1.165, 1.54) is 5.56 Å². The minimum Gasteiger partial charge on any atom is -0.504 e. The number of rotatable bonds is 6. The average Bonchev–Trinajstić information content (AvgIpc) is 2.80. The second-order valence-corrected chi connectivity index (χ2v) is 4.71. The zero-order valence-corrected chi connectivity index (χ0v) is 12.2. The fourth-order valence-electron chi connectivity index (χ4n) is 2.08. The van der Waals surface area contributed by atoms with Gasteiger partial charge in [0.15, 0.2) is 11.5 Å². The van der Waals surface area contributed by atoms with Crippen molar-refractivity contribution >= 4 is 0 Å². The van der Waals surface area contributed by atoms with Gasteiger partial charge in [-0.25, -0.2) is 0 Å². The standard InChI is InChI=1S/C15H21N3O2/c1-4-18-10-13(11(2)17-18)9-16-8-12-5-6-15(20-3)14(19)7-12/h5-7,10,16,19H,4,8-9H2,1-3H3. The van der Waals surface area contributed by atoms with Crippen molar-refractivity contribution < 1.29 is 9.84 Å². The maximum atomic E-state index is 9.72. The number of aromatic hydroxyl groups is 1. The van der Waals surface area contributed by atoms with E-state index in [4.69, 9.17) is 4.74 Å². The van der Waals surface area contributed by atoms with Crippen molar-refractivity contribution in [2.45, 2.75) is 33.5 Å². The fourth-order valence-corrected chi connectivity index (χ4v) is 2.08. The first-order valence-electron chi connectivity index (χ1n) is 6.73. The summed E-state index contributed by atoms with van der Waals surface area (Å²) in [5.41, 5.74) is 3.27. The maximum Gasteiger partial charge on any atom is 0.160 e. The largest absolute Gasteiger partial charge is 0.504 e. The topological polar surface area (TPSA) is 59.3 Å². The first-order valence-corrected chi connectivity index (χ1v) is 6.73. The normalized spacial score (nSPS) is 10.8. The molecule has 5 nitrogen and oxygen atoms in total. The molecular weight excluding hydrogens is 254 g/mol. The van der Waals surface area contributed by atoms with Crippen molar-refractivity contribution in [3.8, 4) is 11.5 Å². The van der Waals surface area contributed by atoms with Gasteiger partial charge in [-0.05, 0) is 31.5 Å². The molecule has 0 aliphatic heterocycles. The molecule has 1 aromatic heterocycles. The van der Waals surface area contributed by atoms with E-state index in [-0.39, 0.29) is 5.75 Å². The van der Waals surface area contributed by atoms with Gasteiger partial charge in [0.25, 0.3) is 0 Å². The number of nitrogens with zero attached hydrogens (tertiary/aromatic N) is 2. The molecule has 5 heteroatoms. The van der Waals surface area contributed by atoms with Gasteiger partial charge < -0.3 is 15.2 Å². The second-order valence-electron chi connectivity index (χ2n) is 4.71. The summed E-state index contributed by atoms with van der Waals surface area (Å²) < 4.78 is 6.96. The Bertz CT molecular complexity index is 578. The predicted molar refractivity (Wildman–Crippen MR) is 77.8 cm³/mol. The van der Waals surface area contributed by atoms with E-state index >= 15 is 0 Å². The lowest BCUT2D eigenvalue weighted by Crippen LogP contribution is -2.12. The third kappa shape index (κ3) is 3.30. The van der Waals surface area contributed by atoms with Crippen LogP contribution in [0.15, 0.2) is 24.4 Å². The van der Waals surface area contributed by atoms with Gasteiger partial charge in [-0.3, -0.25) is 4.68 Å². The van der Waals surface area contributed by atoms with E-state index in [1.54, 1.807) is 19.2 Å². The number of aromatic nitrogens is 2. The minimum absolute atomic E-state index is 0.168. The molecular formula is C15H21N3O2. The Kier molecular flexibility index (Phi) is 4.63. The van der Waals surface area contributed by atoms with Crippen LogP contribution in [0.5, 0.6) is 11.5 Å². The van der Waals surface area contributed by atoms with Crippen LogP contribution < -0.4 is 10.1 Å². The zero-order chi connectivity index (χ0) is 14.5. The molecule has 0 spiro atoms. The van der Waals surface area contributed by atoms with Crippen LogP contribution in [0.1, 0.15) is 23.7 Å². The third-order valence-corrected chi connectivity index (χ3v) is 3.26. The van der Waals surface area contributed by atoms with Crippen LogP contribution in [0, 0.1) is 6.92 Å². The quantitative estimate of drug-likeness (QED) is 0.848. The lowest BCUT2D eigenvalue weighted by molar-refractivity contribution is 0.373. The number of nitrogens with one attached hydrogen (secondary N) is 1. The molecule has 2 rings (SSSR count). The summed E-state index contributed by atoms with van der Waals surface area (Å²) in [5, 5.41) is 17.5. The minimum atomic E-state index is 0.168. The van der Waals surface area contributed by atoms with E-state index in [2.05, 4.69) is 23.5 Å². The molecule has 0 bridgehead atoms. The van der Waals surface area contributed by atoms with Gasteiger partial charge in [-0.1, -0.05) is 6.07 Å². The third-order valence-electron chi connectivity index (χ3n) is 3.26. The SMILES string of the molecule is CCn1cc(CNCc2ccc(OC)c(O)c2)c(C)n1. The molecule has 1 aromatic carbocycles. The van der Waals surface area contributed by atoms with Crippen LogP contribution in [0.3, 0.4) is 0 Å². The molecule has 20 heavy (non-hydrogen) atoms. The van der Waals surface area contributed by atoms with Crippen molar-refractivity contribution in [1.82, 2.24) is 15.1 Å². The van der Waals surface area contributed by atoms with E-state index in [9.17, 15) is 5.11 Å². The molecule has 0 amide bonds. The number of ether oxygens (including phenoxy) is 1. The highest BCUT2D eigenvalue weighted by Gasteiger charge is 2.05. The Hall–Kier alpha value is -2.01. The molecule has 1 heterocycles. The van der Waals surface area contributed by atoms with Gasteiger partial charge in [0.2, 0.25) is 0 Å². The lowest BCUT2D eigenvalue weighted by atomic mass is 10.2. The van der Waals surface area contributed by atoms with Gasteiger partial charge in [-0.2, -0.15) is 5.10 Å². The Morgan fingerprint density at radius 2 is 2.15 bits per heavy atom. The van der Waals surface area contributed by atoms with Crippen LogP contribution in [0.4, 0.5) is 0 Å². The van der Waals surface area contributed by atoms with Crippen molar-refractivity contribution in [3.63, 3.8) is 0 Å². The fraction of sp³-hybridized carbons (Fsp3) is 0.400. The molecule has 0 unspecified atom stereocenters. The molecule has 0 radical (unpaired) electrons. The number of benzene rings is 1. The van der Waals surface area contributed by atoms with Gasteiger partial charge in [0.05, 0.1) is 12.8 Å². The molecule has 2 N–H and O–H groups in total. The molecule has 0 aliphatic carbocycles. The predicted octanol–water partition coefficient (Wildman–Crippen LogP) is 2.22. The van der Waals surface area contributed by atoms with Gasteiger partial charge in [0, 0.05) is 31.4 Å². The number of phenolic OH excluding ortho intramolecular Hbond substituents is 1. The first-order chi connectivity index (χ1) is 9.63. The summed E-state index contributed by atoms with van der Waals surface area (Å²) in [6, 6.07) is 5.43. The molecule has 0 saturated carbocycles. The van der Waals surface area contributed by atoms with Crippen molar-refractivity contribution in [2.24, 2.45) is 0 Å². The van der Waals surface area contributed by atoms with E-state index in [0.717, 1.165) is 24.3 Å². The van der Waals surface area contributed by atoms with E-state index in [1.807, 2.05) is 17.7 Å². The van der Waals surface area contributed by atoms with E-state index < -0.39 is 0 Å². The van der Waals surface area contributed by atoms with Crippen molar-refractivity contribution in [3.05, 3.63) is 41.2 Å². The summed E-state index contributed by atoms with van der Waals surface area (Å²) >= 11 is 0. The number of hydrogen-bond donors (Lipinski definition) is 2. The van der Waals surface area contributed by atoms with Crippen molar-refractivity contribution in [2.75, 3.05) is 7.11 Å². The Labute approximate surface area is 119 Å².